The minimum Gasteiger partial charge on any atom is -0.360 e. The van der Waals surface area contributed by atoms with Gasteiger partial charge in [-0.3, -0.25) is 4.79 Å². The Balaban J connectivity index is 1.50. The highest BCUT2D eigenvalue weighted by atomic mass is 32.2. The van der Waals surface area contributed by atoms with E-state index < -0.39 is 0 Å². The molecule has 0 aliphatic carbocycles. The summed E-state index contributed by atoms with van der Waals surface area (Å²) in [5, 5.41) is 3.02. The van der Waals surface area contributed by atoms with E-state index >= 15 is 0 Å². The van der Waals surface area contributed by atoms with Crippen LogP contribution in [0.5, 0.6) is 0 Å². The number of halogens is 1. The standard InChI is InChI=1S/C19H22FN3OS/c1-25-18-5-3-2-4-17(18)21-19(24)14-22-10-12-23(13-11-22)16-8-6-15(20)7-9-16/h2-9H,10-14H2,1H3,(H,21,24)/p+1. The summed E-state index contributed by atoms with van der Waals surface area (Å²) in [6.45, 7) is 4.01. The largest absolute Gasteiger partial charge is 0.360 e. The normalized spacial score (nSPS) is 15.2. The molecular weight excluding hydrogens is 337 g/mol. The smallest absolute Gasteiger partial charge is 0.279 e. The van der Waals surface area contributed by atoms with Gasteiger partial charge in [-0.05, 0) is 42.7 Å². The van der Waals surface area contributed by atoms with Crippen LogP contribution in [0, 0.1) is 5.82 Å². The lowest BCUT2D eigenvalue weighted by atomic mass is 10.2. The van der Waals surface area contributed by atoms with Crippen molar-refractivity contribution in [3.8, 4) is 0 Å². The van der Waals surface area contributed by atoms with Crippen molar-refractivity contribution in [1.29, 1.82) is 0 Å². The average molecular weight is 360 g/mol. The van der Waals surface area contributed by atoms with Crippen LogP contribution in [0.3, 0.4) is 0 Å². The summed E-state index contributed by atoms with van der Waals surface area (Å²) in [6, 6.07) is 14.5. The SMILES string of the molecule is CSc1ccccc1NC(=O)C[NH+]1CCN(c2ccc(F)cc2)CC1. The van der Waals surface area contributed by atoms with Crippen molar-refractivity contribution in [3.05, 3.63) is 54.3 Å². The van der Waals surface area contributed by atoms with Crippen molar-refractivity contribution in [2.24, 2.45) is 0 Å². The minimum absolute atomic E-state index is 0.0479. The highest BCUT2D eigenvalue weighted by molar-refractivity contribution is 7.98. The molecule has 25 heavy (non-hydrogen) atoms. The molecule has 1 heterocycles. The number of nitrogens with zero attached hydrogens (tertiary/aromatic N) is 1. The van der Waals surface area contributed by atoms with Crippen molar-refractivity contribution in [2.45, 2.75) is 4.90 Å². The first kappa shape index (κ1) is 17.8. The maximum absolute atomic E-state index is 13.0. The van der Waals surface area contributed by atoms with Gasteiger partial charge >= 0.3 is 0 Å². The molecule has 0 unspecified atom stereocenters. The molecule has 1 fully saturated rings. The maximum atomic E-state index is 13.0. The van der Waals surface area contributed by atoms with Gasteiger partial charge in [0.15, 0.2) is 6.54 Å². The molecule has 0 aromatic heterocycles. The molecule has 1 amide bonds. The number of piperazine rings is 1. The van der Waals surface area contributed by atoms with Gasteiger partial charge in [0, 0.05) is 10.6 Å². The number of amides is 1. The minimum atomic E-state index is -0.213. The van der Waals surface area contributed by atoms with E-state index in [1.54, 1.807) is 11.8 Å². The van der Waals surface area contributed by atoms with E-state index in [1.807, 2.05) is 42.7 Å². The molecule has 2 aromatic rings. The molecule has 4 nitrogen and oxygen atoms in total. The van der Waals surface area contributed by atoms with Crippen LogP contribution in [0.4, 0.5) is 15.8 Å². The van der Waals surface area contributed by atoms with E-state index in [0.29, 0.717) is 6.54 Å². The number of para-hydroxylation sites is 1. The van der Waals surface area contributed by atoms with Gasteiger partial charge in [0.2, 0.25) is 0 Å². The van der Waals surface area contributed by atoms with Crippen LogP contribution in [0.2, 0.25) is 0 Å². The van der Waals surface area contributed by atoms with Crippen molar-refractivity contribution < 1.29 is 14.1 Å². The van der Waals surface area contributed by atoms with Crippen molar-refractivity contribution in [2.75, 3.05) is 49.2 Å². The number of quaternary nitrogens is 1. The highest BCUT2D eigenvalue weighted by Crippen LogP contribution is 2.24. The lowest BCUT2D eigenvalue weighted by molar-refractivity contribution is -0.892. The Bertz CT molecular complexity index is 715. The first-order chi connectivity index (χ1) is 12.2. The van der Waals surface area contributed by atoms with Gasteiger partial charge in [0.05, 0.1) is 31.9 Å². The van der Waals surface area contributed by atoms with Crippen LogP contribution in [0.1, 0.15) is 0 Å². The second kappa shape index (κ2) is 8.36. The zero-order chi connectivity index (χ0) is 17.6. The summed E-state index contributed by atoms with van der Waals surface area (Å²) in [4.78, 5) is 16.9. The van der Waals surface area contributed by atoms with E-state index in [0.717, 1.165) is 42.4 Å². The molecule has 3 rings (SSSR count). The first-order valence-corrected chi connectivity index (χ1v) is 9.65. The molecule has 0 radical (unpaired) electrons. The number of nitrogens with one attached hydrogen (secondary N) is 2. The number of carbonyl (C=O) groups excluding carboxylic acids is 1. The molecule has 0 bridgehead atoms. The monoisotopic (exact) mass is 360 g/mol. The van der Waals surface area contributed by atoms with E-state index in [9.17, 15) is 9.18 Å². The Morgan fingerprint density at radius 1 is 1.16 bits per heavy atom. The number of hydrogen-bond donors (Lipinski definition) is 2. The van der Waals surface area contributed by atoms with Gasteiger partial charge in [-0.15, -0.1) is 11.8 Å². The lowest BCUT2D eigenvalue weighted by Gasteiger charge is -2.33. The predicted molar refractivity (Wildman–Crippen MR) is 101 cm³/mol. The summed E-state index contributed by atoms with van der Waals surface area (Å²) in [7, 11) is 0. The second-order valence-corrected chi connectivity index (χ2v) is 6.99. The second-order valence-electron chi connectivity index (χ2n) is 6.14. The van der Waals surface area contributed by atoms with Crippen LogP contribution in [0.15, 0.2) is 53.4 Å². The molecule has 1 aliphatic rings. The zero-order valence-electron chi connectivity index (χ0n) is 14.3. The third-order valence-electron chi connectivity index (χ3n) is 4.45. The van der Waals surface area contributed by atoms with Crippen molar-refractivity contribution in [3.63, 3.8) is 0 Å². The molecule has 0 atom stereocenters. The fraction of sp³-hybridized carbons (Fsp3) is 0.316. The number of anilines is 2. The van der Waals surface area contributed by atoms with Crippen LogP contribution in [0.25, 0.3) is 0 Å². The Morgan fingerprint density at radius 3 is 2.52 bits per heavy atom. The summed E-state index contributed by atoms with van der Waals surface area (Å²) >= 11 is 1.63. The third-order valence-corrected chi connectivity index (χ3v) is 5.25. The Hall–Kier alpha value is -2.05. The van der Waals surface area contributed by atoms with Crippen LogP contribution in [-0.4, -0.2) is 44.9 Å². The number of thioether (sulfide) groups is 1. The highest BCUT2D eigenvalue weighted by Gasteiger charge is 2.22. The fourth-order valence-electron chi connectivity index (χ4n) is 3.08. The molecular formula is C19H23FN3OS+. The zero-order valence-corrected chi connectivity index (χ0v) is 15.1. The number of hydrogen-bond acceptors (Lipinski definition) is 3. The van der Waals surface area contributed by atoms with Gasteiger partial charge < -0.3 is 15.1 Å². The maximum Gasteiger partial charge on any atom is 0.279 e. The molecule has 132 valence electrons. The Kier molecular flexibility index (Phi) is 5.94. The lowest BCUT2D eigenvalue weighted by Crippen LogP contribution is -3.15. The molecule has 6 heteroatoms. The number of carbonyl (C=O) groups is 1. The van der Waals surface area contributed by atoms with Crippen molar-refractivity contribution in [1.82, 2.24) is 0 Å². The summed E-state index contributed by atoms with van der Waals surface area (Å²) in [6.07, 6.45) is 2.00. The average Bonchev–Trinajstić information content (AvgIpc) is 2.63. The Labute approximate surface area is 152 Å². The van der Waals surface area contributed by atoms with E-state index in [2.05, 4.69) is 10.2 Å². The third kappa shape index (κ3) is 4.74. The number of rotatable bonds is 5. The van der Waals surface area contributed by atoms with Gasteiger partial charge in [-0.25, -0.2) is 4.39 Å². The van der Waals surface area contributed by atoms with Gasteiger partial charge in [-0.2, -0.15) is 0 Å². The molecule has 1 aliphatic heterocycles. The molecule has 1 saturated heterocycles. The van der Waals surface area contributed by atoms with Crippen LogP contribution < -0.4 is 15.1 Å². The van der Waals surface area contributed by atoms with Gasteiger partial charge in [0.1, 0.15) is 5.82 Å². The van der Waals surface area contributed by atoms with Crippen molar-refractivity contribution >= 4 is 29.0 Å². The quantitative estimate of drug-likeness (QED) is 0.800. The predicted octanol–water partition coefficient (Wildman–Crippen LogP) is 1.89. The fourth-order valence-corrected chi connectivity index (χ4v) is 3.63. The van der Waals surface area contributed by atoms with Crippen LogP contribution >= 0.6 is 11.8 Å². The van der Waals surface area contributed by atoms with Gasteiger partial charge in [-0.1, -0.05) is 12.1 Å². The van der Waals surface area contributed by atoms with Crippen LogP contribution in [-0.2, 0) is 4.79 Å². The summed E-state index contributed by atoms with van der Waals surface area (Å²) < 4.78 is 13.0. The van der Waals surface area contributed by atoms with E-state index in [1.165, 1.54) is 17.0 Å². The summed E-state index contributed by atoms with van der Waals surface area (Å²) in [5.74, 6) is -0.165. The molecule has 2 aromatic carbocycles. The van der Waals surface area contributed by atoms with E-state index in [4.69, 9.17) is 0 Å². The first-order valence-electron chi connectivity index (χ1n) is 8.42. The summed E-state index contributed by atoms with van der Waals surface area (Å²) in [5.41, 5.74) is 1.92. The number of benzene rings is 2. The van der Waals surface area contributed by atoms with Gasteiger partial charge in [0.25, 0.3) is 5.91 Å². The van der Waals surface area contributed by atoms with E-state index in [-0.39, 0.29) is 11.7 Å². The molecule has 2 N–H and O–H groups in total. The molecule has 0 spiro atoms. The topological polar surface area (TPSA) is 36.8 Å². The molecule has 0 saturated carbocycles. The Morgan fingerprint density at radius 2 is 1.84 bits per heavy atom.